The Balaban J connectivity index is 1.88. The van der Waals surface area contributed by atoms with Gasteiger partial charge in [-0.25, -0.2) is 15.0 Å². The van der Waals surface area contributed by atoms with Gasteiger partial charge in [0.1, 0.15) is 0 Å². The highest BCUT2D eigenvalue weighted by molar-refractivity contribution is 6.31. The molecule has 0 saturated heterocycles. The van der Waals surface area contributed by atoms with Crippen LogP contribution in [-0.4, -0.2) is 24.5 Å². The third-order valence-electron chi connectivity index (χ3n) is 3.20. The first-order valence-electron chi connectivity index (χ1n) is 6.42. The van der Waals surface area contributed by atoms with E-state index in [0.29, 0.717) is 11.0 Å². The molecule has 0 aliphatic carbocycles. The van der Waals surface area contributed by atoms with Crippen molar-refractivity contribution in [2.45, 2.75) is 0 Å². The molecule has 102 valence electrons. The predicted octanol–water partition coefficient (Wildman–Crippen LogP) is 3.46. The molecule has 0 unspecified atom stereocenters. The van der Waals surface area contributed by atoms with Crippen LogP contribution in [0.15, 0.2) is 55.0 Å². The third-order valence-corrected chi connectivity index (χ3v) is 3.44. The molecule has 6 heteroatoms. The maximum Gasteiger partial charge on any atom is 0.234 e. The largest absolute Gasteiger partial charge is 0.337 e. The number of fused-ring (bicyclic) bond motifs is 1. The summed E-state index contributed by atoms with van der Waals surface area (Å²) in [6, 6.07) is 11.3. The first-order valence-corrected chi connectivity index (χ1v) is 6.79. The molecule has 0 saturated carbocycles. The van der Waals surface area contributed by atoms with E-state index in [4.69, 9.17) is 11.6 Å². The topological polar surface area (TPSA) is 59.4 Å². The van der Waals surface area contributed by atoms with Crippen LogP contribution in [0.5, 0.6) is 0 Å². The molecule has 4 aromatic rings. The van der Waals surface area contributed by atoms with Crippen LogP contribution in [0.2, 0.25) is 5.02 Å². The molecular weight excluding hydrogens is 286 g/mol. The maximum atomic E-state index is 6.01. The van der Waals surface area contributed by atoms with Gasteiger partial charge in [-0.3, -0.25) is 4.57 Å². The molecule has 0 aliphatic heterocycles. The number of benzene rings is 1. The third kappa shape index (κ3) is 2.08. The van der Waals surface area contributed by atoms with Gasteiger partial charge in [0.15, 0.2) is 5.82 Å². The van der Waals surface area contributed by atoms with E-state index in [9.17, 15) is 0 Å². The van der Waals surface area contributed by atoms with Crippen molar-refractivity contribution < 1.29 is 0 Å². The zero-order valence-corrected chi connectivity index (χ0v) is 11.6. The molecule has 1 aromatic carbocycles. The number of halogens is 1. The highest BCUT2D eigenvalue weighted by Crippen LogP contribution is 2.24. The van der Waals surface area contributed by atoms with E-state index in [1.54, 1.807) is 18.5 Å². The van der Waals surface area contributed by atoms with E-state index < -0.39 is 0 Å². The fourth-order valence-electron chi connectivity index (χ4n) is 2.27. The average molecular weight is 296 g/mol. The van der Waals surface area contributed by atoms with Crippen molar-refractivity contribution in [2.75, 3.05) is 0 Å². The standard InChI is InChI=1S/C15H10ClN5/c16-10-4-5-11-12(9-10)20-14(19-11)13-3-1-8-21(13)15-17-6-2-7-18-15/h1-9H,(H,19,20). The van der Waals surface area contributed by atoms with E-state index >= 15 is 0 Å². The van der Waals surface area contributed by atoms with E-state index in [0.717, 1.165) is 22.6 Å². The normalized spacial score (nSPS) is 11.1. The number of rotatable bonds is 2. The monoisotopic (exact) mass is 295 g/mol. The smallest absolute Gasteiger partial charge is 0.234 e. The van der Waals surface area contributed by atoms with Gasteiger partial charge in [0.25, 0.3) is 0 Å². The van der Waals surface area contributed by atoms with Crippen LogP contribution < -0.4 is 0 Å². The van der Waals surface area contributed by atoms with Crippen LogP contribution in [-0.2, 0) is 0 Å². The summed E-state index contributed by atoms with van der Waals surface area (Å²) in [4.78, 5) is 16.4. The van der Waals surface area contributed by atoms with Crippen molar-refractivity contribution >= 4 is 22.6 Å². The van der Waals surface area contributed by atoms with Gasteiger partial charge < -0.3 is 4.98 Å². The fraction of sp³-hybridized carbons (Fsp3) is 0. The Labute approximate surface area is 125 Å². The summed E-state index contributed by atoms with van der Waals surface area (Å²) in [5.41, 5.74) is 2.67. The van der Waals surface area contributed by atoms with Gasteiger partial charge in [0.2, 0.25) is 5.95 Å². The quantitative estimate of drug-likeness (QED) is 0.616. The van der Waals surface area contributed by atoms with Crippen LogP contribution >= 0.6 is 11.6 Å². The van der Waals surface area contributed by atoms with Gasteiger partial charge in [-0.1, -0.05) is 11.6 Å². The summed E-state index contributed by atoms with van der Waals surface area (Å²) in [7, 11) is 0. The summed E-state index contributed by atoms with van der Waals surface area (Å²) in [6.07, 6.45) is 5.33. The Morgan fingerprint density at radius 1 is 1.05 bits per heavy atom. The molecule has 4 rings (SSSR count). The molecule has 0 fully saturated rings. The zero-order valence-electron chi connectivity index (χ0n) is 10.9. The lowest BCUT2D eigenvalue weighted by Crippen LogP contribution is -2.00. The van der Waals surface area contributed by atoms with Crippen molar-refractivity contribution in [2.24, 2.45) is 0 Å². The summed E-state index contributed by atoms with van der Waals surface area (Å²) < 4.78 is 1.89. The van der Waals surface area contributed by atoms with Gasteiger partial charge in [0, 0.05) is 23.6 Å². The number of hydrogen-bond donors (Lipinski definition) is 1. The highest BCUT2D eigenvalue weighted by atomic mass is 35.5. The second-order valence-corrected chi connectivity index (χ2v) is 5.00. The SMILES string of the molecule is Clc1ccc2nc(-c3cccn3-c3ncccn3)[nH]c2c1. The minimum Gasteiger partial charge on any atom is -0.337 e. The van der Waals surface area contributed by atoms with Crippen LogP contribution in [0.4, 0.5) is 0 Å². The van der Waals surface area contributed by atoms with E-state index in [-0.39, 0.29) is 0 Å². The number of nitrogens with zero attached hydrogens (tertiary/aromatic N) is 4. The molecule has 0 radical (unpaired) electrons. The van der Waals surface area contributed by atoms with E-state index in [2.05, 4.69) is 19.9 Å². The molecule has 3 aromatic heterocycles. The molecule has 1 N–H and O–H groups in total. The van der Waals surface area contributed by atoms with E-state index in [1.165, 1.54) is 0 Å². The van der Waals surface area contributed by atoms with Crippen LogP contribution in [0.1, 0.15) is 0 Å². The molecule has 0 amide bonds. The van der Waals surface area contributed by atoms with Gasteiger partial charge in [-0.05, 0) is 36.4 Å². The number of H-pyrrole nitrogens is 1. The molecule has 0 atom stereocenters. The van der Waals surface area contributed by atoms with Crippen molar-refractivity contribution in [3.63, 3.8) is 0 Å². The minimum atomic E-state index is 0.607. The average Bonchev–Trinajstić information content (AvgIpc) is 3.13. The molecule has 0 aliphatic rings. The molecular formula is C15H10ClN5. The predicted molar refractivity (Wildman–Crippen MR) is 81.5 cm³/mol. The van der Waals surface area contributed by atoms with Crippen molar-refractivity contribution in [3.8, 4) is 17.5 Å². The Morgan fingerprint density at radius 3 is 2.76 bits per heavy atom. The number of aromatic amines is 1. The number of nitrogens with one attached hydrogen (secondary N) is 1. The zero-order chi connectivity index (χ0) is 14.2. The van der Waals surface area contributed by atoms with Gasteiger partial charge in [0.05, 0.1) is 16.7 Å². The minimum absolute atomic E-state index is 0.607. The molecule has 5 nitrogen and oxygen atoms in total. The first kappa shape index (κ1) is 12.1. The Bertz CT molecular complexity index is 910. The molecule has 0 bridgehead atoms. The Kier molecular flexibility index (Phi) is 2.72. The second-order valence-electron chi connectivity index (χ2n) is 4.56. The Morgan fingerprint density at radius 2 is 1.90 bits per heavy atom. The summed E-state index contributed by atoms with van der Waals surface area (Å²) in [5, 5.41) is 0.680. The highest BCUT2D eigenvalue weighted by Gasteiger charge is 2.11. The van der Waals surface area contributed by atoms with Gasteiger partial charge in [-0.15, -0.1) is 0 Å². The first-order chi connectivity index (χ1) is 10.3. The molecule has 3 heterocycles. The Hall–Kier alpha value is -2.66. The van der Waals surface area contributed by atoms with Crippen molar-refractivity contribution in [1.82, 2.24) is 24.5 Å². The van der Waals surface area contributed by atoms with Crippen molar-refractivity contribution in [1.29, 1.82) is 0 Å². The van der Waals surface area contributed by atoms with Crippen molar-refractivity contribution in [3.05, 3.63) is 60.0 Å². The summed E-state index contributed by atoms with van der Waals surface area (Å²) in [5.74, 6) is 1.36. The summed E-state index contributed by atoms with van der Waals surface area (Å²) in [6.45, 7) is 0. The number of aromatic nitrogens is 5. The lowest BCUT2D eigenvalue weighted by molar-refractivity contribution is 0.935. The van der Waals surface area contributed by atoms with Gasteiger partial charge in [-0.2, -0.15) is 0 Å². The van der Waals surface area contributed by atoms with Gasteiger partial charge >= 0.3 is 0 Å². The second kappa shape index (κ2) is 4.71. The molecule has 0 spiro atoms. The lowest BCUT2D eigenvalue weighted by atomic mass is 10.3. The lowest BCUT2D eigenvalue weighted by Gasteiger charge is -2.04. The maximum absolute atomic E-state index is 6.01. The van der Waals surface area contributed by atoms with Crippen LogP contribution in [0.3, 0.4) is 0 Å². The number of hydrogen-bond acceptors (Lipinski definition) is 3. The van der Waals surface area contributed by atoms with Crippen LogP contribution in [0.25, 0.3) is 28.5 Å². The van der Waals surface area contributed by atoms with Crippen LogP contribution in [0, 0.1) is 0 Å². The fourth-order valence-corrected chi connectivity index (χ4v) is 2.44. The number of imidazole rings is 1. The van der Waals surface area contributed by atoms with E-state index in [1.807, 2.05) is 41.1 Å². The molecule has 21 heavy (non-hydrogen) atoms. The summed E-state index contributed by atoms with van der Waals surface area (Å²) >= 11 is 6.01.